The lowest BCUT2D eigenvalue weighted by atomic mass is 10.1. The number of carbonyl (C=O) groups is 1. The maximum absolute atomic E-state index is 11.5. The maximum atomic E-state index is 11.5. The van der Waals surface area contributed by atoms with E-state index in [1.165, 1.54) is 0 Å². The van der Waals surface area contributed by atoms with Crippen LogP contribution in [-0.2, 0) is 14.3 Å². The molecule has 1 aliphatic heterocycles. The van der Waals surface area contributed by atoms with Crippen molar-refractivity contribution < 1.29 is 14.3 Å². The molecule has 0 spiro atoms. The number of hydrogen-bond donors (Lipinski definition) is 2. The molecule has 21 heavy (non-hydrogen) atoms. The Bertz CT molecular complexity index is 281. The van der Waals surface area contributed by atoms with Gasteiger partial charge >= 0.3 is 0 Å². The van der Waals surface area contributed by atoms with Crippen LogP contribution in [-0.4, -0.2) is 76.0 Å². The van der Waals surface area contributed by atoms with Crippen LogP contribution < -0.4 is 10.6 Å². The van der Waals surface area contributed by atoms with Gasteiger partial charge in [-0.15, -0.1) is 24.8 Å². The zero-order valence-electron chi connectivity index (χ0n) is 13.1. The lowest BCUT2D eigenvalue weighted by molar-refractivity contribution is -0.120. The SMILES string of the molecule is COCCNCC(=O)NCCN1CCOC(C)(C)C1.Cl.Cl. The molecule has 128 valence electrons. The molecule has 1 rings (SSSR count). The van der Waals surface area contributed by atoms with Gasteiger partial charge in [-0.05, 0) is 13.8 Å². The number of amides is 1. The van der Waals surface area contributed by atoms with Gasteiger partial charge in [0.25, 0.3) is 0 Å². The summed E-state index contributed by atoms with van der Waals surface area (Å²) >= 11 is 0. The molecule has 0 aromatic carbocycles. The second-order valence-corrected chi connectivity index (χ2v) is 5.40. The second-order valence-electron chi connectivity index (χ2n) is 5.40. The van der Waals surface area contributed by atoms with E-state index in [0.29, 0.717) is 26.2 Å². The fourth-order valence-corrected chi connectivity index (χ4v) is 2.10. The van der Waals surface area contributed by atoms with E-state index in [1.54, 1.807) is 7.11 Å². The van der Waals surface area contributed by atoms with Crippen LogP contribution in [0.25, 0.3) is 0 Å². The molecule has 1 fully saturated rings. The largest absolute Gasteiger partial charge is 0.383 e. The second kappa shape index (κ2) is 12.4. The Labute approximate surface area is 140 Å². The Morgan fingerprint density at radius 1 is 1.33 bits per heavy atom. The summed E-state index contributed by atoms with van der Waals surface area (Å²) in [6, 6.07) is 0. The van der Waals surface area contributed by atoms with Crippen molar-refractivity contribution in [2.24, 2.45) is 0 Å². The van der Waals surface area contributed by atoms with Crippen molar-refractivity contribution in [1.82, 2.24) is 15.5 Å². The van der Waals surface area contributed by atoms with Crippen molar-refractivity contribution in [3.8, 4) is 0 Å². The predicted octanol–water partition coefficient (Wildman–Crippen LogP) is 0.293. The van der Waals surface area contributed by atoms with E-state index in [4.69, 9.17) is 9.47 Å². The summed E-state index contributed by atoms with van der Waals surface area (Å²) in [5, 5.41) is 5.93. The van der Waals surface area contributed by atoms with Crippen molar-refractivity contribution >= 4 is 30.7 Å². The van der Waals surface area contributed by atoms with E-state index in [1.807, 2.05) is 0 Å². The highest BCUT2D eigenvalue weighted by Gasteiger charge is 2.26. The number of morpholine rings is 1. The van der Waals surface area contributed by atoms with Gasteiger partial charge in [0, 0.05) is 39.8 Å². The highest BCUT2D eigenvalue weighted by molar-refractivity contribution is 5.85. The van der Waals surface area contributed by atoms with Crippen LogP contribution >= 0.6 is 24.8 Å². The molecule has 8 heteroatoms. The molecule has 0 aromatic heterocycles. The first kappa shape index (κ1) is 23.2. The Hall–Kier alpha value is -0.110. The van der Waals surface area contributed by atoms with Crippen LogP contribution in [0.4, 0.5) is 0 Å². The van der Waals surface area contributed by atoms with Crippen molar-refractivity contribution in [3.63, 3.8) is 0 Å². The molecular weight excluding hydrogens is 317 g/mol. The van der Waals surface area contributed by atoms with E-state index < -0.39 is 0 Å². The first-order valence-corrected chi connectivity index (χ1v) is 6.86. The Morgan fingerprint density at radius 2 is 2.05 bits per heavy atom. The number of nitrogens with one attached hydrogen (secondary N) is 2. The molecule has 1 saturated heterocycles. The van der Waals surface area contributed by atoms with Gasteiger partial charge in [0.1, 0.15) is 0 Å². The zero-order chi connectivity index (χ0) is 14.1. The Kier molecular flexibility index (Phi) is 13.7. The van der Waals surface area contributed by atoms with E-state index in [2.05, 4.69) is 29.4 Å². The summed E-state index contributed by atoms with van der Waals surface area (Å²) in [7, 11) is 1.64. The first-order valence-electron chi connectivity index (χ1n) is 6.86. The number of ether oxygens (including phenoxy) is 2. The molecule has 0 unspecified atom stereocenters. The van der Waals surface area contributed by atoms with Crippen LogP contribution in [0.1, 0.15) is 13.8 Å². The molecule has 0 aliphatic carbocycles. The third-order valence-corrected chi connectivity index (χ3v) is 3.02. The zero-order valence-corrected chi connectivity index (χ0v) is 14.8. The number of halogens is 2. The monoisotopic (exact) mass is 345 g/mol. The lowest BCUT2D eigenvalue weighted by Crippen LogP contribution is -2.50. The van der Waals surface area contributed by atoms with E-state index >= 15 is 0 Å². The minimum absolute atomic E-state index is 0. The number of rotatable bonds is 8. The molecule has 0 radical (unpaired) electrons. The topological polar surface area (TPSA) is 62.8 Å². The standard InChI is InChI=1S/C13H27N3O3.2ClH/c1-13(2)11-16(7-9-19-13)6-4-15-12(17)10-14-5-8-18-3;;/h14H,4-11H2,1-3H3,(H,15,17);2*1H. The quantitative estimate of drug-likeness (QED) is 0.619. The third-order valence-electron chi connectivity index (χ3n) is 3.02. The van der Waals surface area contributed by atoms with Crippen LogP contribution in [0.5, 0.6) is 0 Å². The highest BCUT2D eigenvalue weighted by atomic mass is 35.5. The number of nitrogens with zero attached hydrogens (tertiary/aromatic N) is 1. The van der Waals surface area contributed by atoms with Crippen LogP contribution in [0, 0.1) is 0 Å². The summed E-state index contributed by atoms with van der Waals surface area (Å²) in [5.74, 6) is 0.0311. The molecular formula is C13H29Cl2N3O3. The molecule has 0 aromatic rings. The van der Waals surface area contributed by atoms with Crippen molar-refractivity contribution in [2.45, 2.75) is 19.4 Å². The fourth-order valence-electron chi connectivity index (χ4n) is 2.10. The molecule has 1 amide bonds. The average Bonchev–Trinajstić information content (AvgIpc) is 2.33. The number of methoxy groups -OCH3 is 1. The molecule has 1 aliphatic rings. The van der Waals surface area contributed by atoms with Gasteiger partial charge < -0.3 is 20.1 Å². The van der Waals surface area contributed by atoms with Crippen molar-refractivity contribution in [1.29, 1.82) is 0 Å². The summed E-state index contributed by atoms with van der Waals surface area (Å²) in [6.07, 6.45) is 0. The maximum Gasteiger partial charge on any atom is 0.234 e. The molecule has 1 heterocycles. The van der Waals surface area contributed by atoms with Gasteiger partial charge in [-0.3, -0.25) is 9.69 Å². The molecule has 0 atom stereocenters. The first-order chi connectivity index (χ1) is 9.03. The van der Waals surface area contributed by atoms with Crippen LogP contribution in [0.2, 0.25) is 0 Å². The summed E-state index contributed by atoms with van der Waals surface area (Å²) < 4.78 is 10.5. The highest BCUT2D eigenvalue weighted by Crippen LogP contribution is 2.15. The number of carbonyl (C=O) groups excluding carboxylic acids is 1. The lowest BCUT2D eigenvalue weighted by Gasteiger charge is -2.38. The minimum atomic E-state index is -0.0794. The molecule has 2 N–H and O–H groups in total. The van der Waals surface area contributed by atoms with Crippen LogP contribution in [0.3, 0.4) is 0 Å². The van der Waals surface area contributed by atoms with Gasteiger partial charge in [-0.2, -0.15) is 0 Å². The Balaban J connectivity index is 0. The van der Waals surface area contributed by atoms with Crippen molar-refractivity contribution in [3.05, 3.63) is 0 Å². The van der Waals surface area contributed by atoms with Gasteiger partial charge in [0.15, 0.2) is 0 Å². The molecule has 0 saturated carbocycles. The van der Waals surface area contributed by atoms with E-state index in [-0.39, 0.29) is 36.3 Å². The van der Waals surface area contributed by atoms with Gasteiger partial charge in [-0.25, -0.2) is 0 Å². The normalized spacial score (nSPS) is 17.5. The number of hydrogen-bond acceptors (Lipinski definition) is 5. The smallest absolute Gasteiger partial charge is 0.234 e. The van der Waals surface area contributed by atoms with E-state index in [0.717, 1.165) is 26.2 Å². The molecule has 0 bridgehead atoms. The predicted molar refractivity (Wildman–Crippen MR) is 88.7 cm³/mol. The van der Waals surface area contributed by atoms with Crippen LogP contribution in [0.15, 0.2) is 0 Å². The summed E-state index contributed by atoms with van der Waals surface area (Å²) in [5.41, 5.74) is -0.0794. The van der Waals surface area contributed by atoms with Gasteiger partial charge in [-0.1, -0.05) is 0 Å². The molecule has 6 nitrogen and oxygen atoms in total. The van der Waals surface area contributed by atoms with Crippen molar-refractivity contribution in [2.75, 3.05) is 59.6 Å². The minimum Gasteiger partial charge on any atom is -0.383 e. The fraction of sp³-hybridized carbons (Fsp3) is 0.923. The van der Waals surface area contributed by atoms with Gasteiger partial charge in [0.05, 0.1) is 25.4 Å². The summed E-state index contributed by atoms with van der Waals surface area (Å²) in [4.78, 5) is 13.8. The van der Waals surface area contributed by atoms with E-state index in [9.17, 15) is 4.79 Å². The summed E-state index contributed by atoms with van der Waals surface area (Å²) in [6.45, 7) is 10.0. The Morgan fingerprint density at radius 3 is 2.67 bits per heavy atom. The third kappa shape index (κ3) is 11.2. The van der Waals surface area contributed by atoms with Gasteiger partial charge in [0.2, 0.25) is 5.91 Å². The average molecular weight is 346 g/mol.